The summed E-state index contributed by atoms with van der Waals surface area (Å²) < 4.78 is -0.423. The third-order valence-corrected chi connectivity index (χ3v) is 3.98. The van der Waals surface area contributed by atoms with Crippen LogP contribution in [0.15, 0.2) is 24.3 Å². The van der Waals surface area contributed by atoms with Gasteiger partial charge in [0.1, 0.15) is 0 Å². The molecule has 0 aromatic heterocycles. The Kier molecular flexibility index (Phi) is 4.74. The third-order valence-electron chi connectivity index (χ3n) is 2.18. The molecule has 3 heteroatoms. The molecule has 0 N–H and O–H groups in total. The fourth-order valence-corrected chi connectivity index (χ4v) is 1.80. The molecule has 0 saturated heterocycles. The first-order valence-electron chi connectivity index (χ1n) is 4.75. The van der Waals surface area contributed by atoms with Crippen LogP contribution in [-0.4, -0.2) is 5.75 Å². The lowest BCUT2D eigenvalue weighted by Crippen LogP contribution is -2.12. The second-order valence-electron chi connectivity index (χ2n) is 3.42. The van der Waals surface area contributed by atoms with Gasteiger partial charge in [0.2, 0.25) is 0 Å². The van der Waals surface area contributed by atoms with Crippen molar-refractivity contribution in [2.24, 2.45) is 0 Å². The number of benzene rings is 1. The number of rotatable bonds is 4. The van der Waals surface area contributed by atoms with E-state index < -0.39 is 4.08 Å². The third kappa shape index (κ3) is 3.14. The zero-order valence-corrected chi connectivity index (χ0v) is 11.0. The monoisotopic (exact) mass is 244 g/mol. The Hall–Kier alpha value is 0.270. The minimum atomic E-state index is -0.423. The summed E-state index contributed by atoms with van der Waals surface area (Å²) in [5.41, 5.74) is 2.48. The lowest BCUT2D eigenvalue weighted by atomic mass is 10.1. The molecule has 78 valence electrons. The van der Waals surface area contributed by atoms with E-state index in [9.17, 15) is 0 Å². The van der Waals surface area contributed by atoms with Crippen molar-refractivity contribution in [3.63, 3.8) is 0 Å². The van der Waals surface area contributed by atoms with Crippen LogP contribution in [0.4, 0.5) is 0 Å². The van der Waals surface area contributed by atoms with Gasteiger partial charge in [-0.25, -0.2) is 0 Å². The predicted molar refractivity (Wildman–Crippen MR) is 73.9 cm³/mol. The molecule has 0 amide bonds. The lowest BCUT2D eigenvalue weighted by Gasteiger charge is -2.20. The topological polar surface area (TPSA) is 0 Å². The van der Waals surface area contributed by atoms with Crippen molar-refractivity contribution in [1.82, 2.24) is 0 Å². The van der Waals surface area contributed by atoms with Gasteiger partial charge >= 0.3 is 0 Å². The molecule has 0 atom stereocenters. The first-order chi connectivity index (χ1) is 6.60. The SMILES string of the molecule is CCCc1ccc(C(S)(S)CS)cc1. The molecule has 0 nitrogen and oxygen atoms in total. The van der Waals surface area contributed by atoms with E-state index in [0.29, 0.717) is 5.75 Å². The number of thiol groups is 3. The number of hydrogen-bond acceptors (Lipinski definition) is 3. The average molecular weight is 244 g/mol. The quantitative estimate of drug-likeness (QED) is 0.523. The Labute approximate surface area is 103 Å². The van der Waals surface area contributed by atoms with Crippen LogP contribution in [0.5, 0.6) is 0 Å². The first kappa shape index (κ1) is 12.3. The normalized spacial score (nSPS) is 11.7. The summed E-state index contributed by atoms with van der Waals surface area (Å²) in [6.45, 7) is 2.18. The summed E-state index contributed by atoms with van der Waals surface area (Å²) in [6, 6.07) is 8.45. The second kappa shape index (κ2) is 5.38. The first-order valence-corrected chi connectivity index (χ1v) is 6.28. The van der Waals surface area contributed by atoms with Crippen LogP contribution in [0.25, 0.3) is 0 Å². The fraction of sp³-hybridized carbons (Fsp3) is 0.455. The van der Waals surface area contributed by atoms with Crippen molar-refractivity contribution in [1.29, 1.82) is 0 Å². The lowest BCUT2D eigenvalue weighted by molar-refractivity contribution is 0.918. The maximum Gasteiger partial charge on any atom is 0.0890 e. The molecule has 0 aliphatic carbocycles. The summed E-state index contributed by atoms with van der Waals surface area (Å²) in [5.74, 6) is 0.617. The summed E-state index contributed by atoms with van der Waals surface area (Å²) in [7, 11) is 0. The molecule has 0 bridgehead atoms. The van der Waals surface area contributed by atoms with Gasteiger partial charge in [0.25, 0.3) is 0 Å². The zero-order valence-electron chi connectivity index (χ0n) is 8.27. The molecule has 0 saturated carbocycles. The van der Waals surface area contributed by atoms with Crippen LogP contribution < -0.4 is 0 Å². The van der Waals surface area contributed by atoms with E-state index in [0.717, 1.165) is 12.0 Å². The number of aryl methyl sites for hydroxylation is 1. The highest BCUT2D eigenvalue weighted by molar-refractivity contribution is 8.01. The standard InChI is InChI=1S/C11H16S3/c1-2-3-9-4-6-10(7-5-9)11(13,14)8-12/h4-7,12-14H,2-3,8H2,1H3. The van der Waals surface area contributed by atoms with Crippen LogP contribution in [-0.2, 0) is 10.5 Å². The van der Waals surface area contributed by atoms with Crippen molar-refractivity contribution in [3.8, 4) is 0 Å². The summed E-state index contributed by atoms with van der Waals surface area (Å²) in [6.07, 6.45) is 2.31. The minimum Gasteiger partial charge on any atom is -0.177 e. The van der Waals surface area contributed by atoms with Crippen LogP contribution in [0.3, 0.4) is 0 Å². The average Bonchev–Trinajstić information content (AvgIpc) is 2.19. The van der Waals surface area contributed by atoms with Crippen LogP contribution in [0, 0.1) is 0 Å². The Morgan fingerprint density at radius 1 is 1.14 bits per heavy atom. The highest BCUT2D eigenvalue weighted by Crippen LogP contribution is 2.33. The Balaban J connectivity index is 2.82. The molecule has 14 heavy (non-hydrogen) atoms. The highest BCUT2D eigenvalue weighted by Gasteiger charge is 2.20. The summed E-state index contributed by atoms with van der Waals surface area (Å²) in [4.78, 5) is 0. The van der Waals surface area contributed by atoms with Gasteiger partial charge in [-0.15, -0.1) is 0 Å². The largest absolute Gasteiger partial charge is 0.177 e. The van der Waals surface area contributed by atoms with Crippen molar-refractivity contribution >= 4 is 37.9 Å². The summed E-state index contributed by atoms with van der Waals surface area (Å²) >= 11 is 13.1. The van der Waals surface area contributed by atoms with Gasteiger partial charge in [0.15, 0.2) is 0 Å². The van der Waals surface area contributed by atoms with Gasteiger partial charge in [0, 0.05) is 5.75 Å². The second-order valence-corrected chi connectivity index (χ2v) is 5.62. The smallest absolute Gasteiger partial charge is 0.0890 e. The molecule has 1 aromatic rings. The zero-order chi connectivity index (χ0) is 10.6. The fourth-order valence-electron chi connectivity index (χ4n) is 1.32. The van der Waals surface area contributed by atoms with E-state index in [4.69, 9.17) is 0 Å². The maximum absolute atomic E-state index is 4.45. The molecular formula is C11H16S3. The molecule has 0 aliphatic rings. The van der Waals surface area contributed by atoms with Crippen molar-refractivity contribution in [3.05, 3.63) is 35.4 Å². The van der Waals surface area contributed by atoms with Crippen LogP contribution in [0.1, 0.15) is 24.5 Å². The van der Waals surface area contributed by atoms with Crippen molar-refractivity contribution < 1.29 is 0 Å². The van der Waals surface area contributed by atoms with Crippen LogP contribution in [0.2, 0.25) is 0 Å². The Bertz CT molecular complexity index is 277. The predicted octanol–water partition coefficient (Wildman–Crippen LogP) is 3.58. The van der Waals surface area contributed by atoms with Gasteiger partial charge in [-0.2, -0.15) is 37.9 Å². The van der Waals surface area contributed by atoms with Crippen molar-refractivity contribution in [2.45, 2.75) is 23.8 Å². The minimum absolute atomic E-state index is 0.423. The maximum atomic E-state index is 4.45. The van der Waals surface area contributed by atoms with Gasteiger partial charge in [0.05, 0.1) is 4.08 Å². The molecule has 0 radical (unpaired) electrons. The van der Waals surface area contributed by atoms with Crippen LogP contribution >= 0.6 is 37.9 Å². The van der Waals surface area contributed by atoms with Gasteiger partial charge in [-0.05, 0) is 17.5 Å². The summed E-state index contributed by atoms with van der Waals surface area (Å²) in [5, 5.41) is 0. The molecule has 1 aromatic carbocycles. The molecule has 0 unspecified atom stereocenters. The van der Waals surface area contributed by atoms with Gasteiger partial charge < -0.3 is 0 Å². The molecule has 0 aliphatic heterocycles. The van der Waals surface area contributed by atoms with Crippen molar-refractivity contribution in [2.75, 3.05) is 5.75 Å². The van der Waals surface area contributed by atoms with E-state index in [2.05, 4.69) is 69.1 Å². The Morgan fingerprint density at radius 2 is 1.71 bits per heavy atom. The van der Waals surface area contributed by atoms with Gasteiger partial charge in [-0.1, -0.05) is 37.6 Å². The van der Waals surface area contributed by atoms with E-state index in [1.165, 1.54) is 12.0 Å². The molecular weight excluding hydrogens is 228 g/mol. The van der Waals surface area contributed by atoms with E-state index >= 15 is 0 Å². The van der Waals surface area contributed by atoms with Gasteiger partial charge in [-0.3, -0.25) is 0 Å². The molecule has 0 fully saturated rings. The van der Waals surface area contributed by atoms with E-state index in [1.807, 2.05) is 0 Å². The van der Waals surface area contributed by atoms with E-state index in [1.54, 1.807) is 0 Å². The molecule has 1 rings (SSSR count). The Morgan fingerprint density at radius 3 is 2.14 bits per heavy atom. The number of hydrogen-bond donors (Lipinski definition) is 3. The molecule has 0 spiro atoms. The highest BCUT2D eigenvalue weighted by atomic mass is 32.2. The molecule has 0 heterocycles. The van der Waals surface area contributed by atoms with E-state index in [-0.39, 0.29) is 0 Å².